The summed E-state index contributed by atoms with van der Waals surface area (Å²) in [6.07, 6.45) is 4.63. The van der Waals surface area contributed by atoms with E-state index in [4.69, 9.17) is 15.2 Å². The van der Waals surface area contributed by atoms with Crippen LogP contribution in [-0.2, 0) is 4.74 Å². The van der Waals surface area contributed by atoms with E-state index in [9.17, 15) is 4.79 Å². The summed E-state index contributed by atoms with van der Waals surface area (Å²) >= 11 is 6.82. The average Bonchev–Trinajstić information content (AvgIpc) is 2.54. The van der Waals surface area contributed by atoms with Gasteiger partial charge in [-0.05, 0) is 50.1 Å². The lowest BCUT2D eigenvalue weighted by molar-refractivity contribution is 0.0671. The van der Waals surface area contributed by atoms with Gasteiger partial charge in [-0.15, -0.1) is 0 Å². The molecule has 23 heavy (non-hydrogen) atoms. The molecule has 1 aromatic carbocycles. The Hall–Kier alpha value is -1.73. The molecule has 5 nitrogen and oxygen atoms in total. The molecule has 1 aromatic rings. The van der Waals surface area contributed by atoms with Crippen molar-refractivity contribution >= 4 is 37.8 Å². The number of ether oxygens (including phenoxy) is 2. The summed E-state index contributed by atoms with van der Waals surface area (Å²) in [7, 11) is 1.57. The number of morpholine rings is 1. The first-order valence-electron chi connectivity index (χ1n) is 6.76. The van der Waals surface area contributed by atoms with Gasteiger partial charge in [0.25, 0.3) is 5.91 Å². The van der Waals surface area contributed by atoms with Gasteiger partial charge in [0.15, 0.2) is 5.76 Å². The zero-order valence-corrected chi connectivity index (χ0v) is 15.7. The Labute approximate surface area is 151 Å². The number of benzene rings is 1. The molecule has 0 aliphatic carbocycles. The SMILES string of the molecule is C=CC=C1/C(=C\N)OCCN1C(=O)c1cc(Br)c(OC)c(Br)c1. The van der Waals surface area contributed by atoms with Crippen LogP contribution in [0.25, 0.3) is 0 Å². The summed E-state index contributed by atoms with van der Waals surface area (Å²) in [5, 5.41) is 0. The van der Waals surface area contributed by atoms with E-state index in [1.165, 1.54) is 6.20 Å². The van der Waals surface area contributed by atoms with Crippen molar-refractivity contribution in [1.82, 2.24) is 4.90 Å². The maximum Gasteiger partial charge on any atom is 0.258 e. The molecule has 0 aromatic heterocycles. The van der Waals surface area contributed by atoms with Crippen LogP contribution in [0, 0.1) is 0 Å². The van der Waals surface area contributed by atoms with Crippen molar-refractivity contribution in [2.75, 3.05) is 20.3 Å². The molecular formula is C16H16Br2N2O3. The van der Waals surface area contributed by atoms with Gasteiger partial charge in [-0.2, -0.15) is 0 Å². The first kappa shape index (κ1) is 17.6. The van der Waals surface area contributed by atoms with Crippen LogP contribution in [0.1, 0.15) is 10.4 Å². The van der Waals surface area contributed by atoms with Crippen molar-refractivity contribution in [1.29, 1.82) is 0 Å². The Morgan fingerprint density at radius 3 is 2.61 bits per heavy atom. The van der Waals surface area contributed by atoms with Gasteiger partial charge in [0.2, 0.25) is 0 Å². The van der Waals surface area contributed by atoms with Crippen LogP contribution >= 0.6 is 31.9 Å². The summed E-state index contributed by atoms with van der Waals surface area (Å²) in [5.41, 5.74) is 6.68. The third-order valence-corrected chi connectivity index (χ3v) is 4.42. The van der Waals surface area contributed by atoms with Crippen molar-refractivity contribution in [3.63, 3.8) is 0 Å². The molecule has 0 radical (unpaired) electrons. The van der Waals surface area contributed by atoms with E-state index in [0.29, 0.717) is 44.9 Å². The third kappa shape index (κ3) is 3.61. The maximum atomic E-state index is 12.9. The molecule has 0 atom stereocenters. The topological polar surface area (TPSA) is 64.8 Å². The predicted octanol–water partition coefficient (Wildman–Crippen LogP) is 3.56. The van der Waals surface area contributed by atoms with Crippen LogP contribution in [0.2, 0.25) is 0 Å². The molecule has 0 saturated carbocycles. The van der Waals surface area contributed by atoms with Crippen molar-refractivity contribution in [3.05, 3.63) is 63.0 Å². The summed E-state index contributed by atoms with van der Waals surface area (Å²) in [6.45, 7) is 4.48. The van der Waals surface area contributed by atoms with Crippen molar-refractivity contribution in [3.8, 4) is 5.75 Å². The quantitative estimate of drug-likeness (QED) is 0.775. The number of halogens is 2. The highest BCUT2D eigenvalue weighted by Crippen LogP contribution is 2.35. The molecule has 2 rings (SSSR count). The molecule has 7 heteroatoms. The zero-order chi connectivity index (χ0) is 17.0. The minimum absolute atomic E-state index is 0.162. The average molecular weight is 444 g/mol. The van der Waals surface area contributed by atoms with Gasteiger partial charge in [0.05, 0.1) is 28.3 Å². The monoisotopic (exact) mass is 442 g/mol. The highest BCUT2D eigenvalue weighted by molar-refractivity contribution is 9.11. The molecular weight excluding hydrogens is 428 g/mol. The lowest BCUT2D eigenvalue weighted by atomic mass is 10.1. The van der Waals surface area contributed by atoms with E-state index in [2.05, 4.69) is 38.4 Å². The van der Waals surface area contributed by atoms with Gasteiger partial charge in [-0.3, -0.25) is 4.79 Å². The number of allylic oxidation sites excluding steroid dienone is 2. The Kier molecular flexibility index (Phi) is 5.90. The third-order valence-electron chi connectivity index (χ3n) is 3.24. The van der Waals surface area contributed by atoms with Crippen LogP contribution < -0.4 is 10.5 Å². The van der Waals surface area contributed by atoms with Gasteiger partial charge >= 0.3 is 0 Å². The summed E-state index contributed by atoms with van der Waals surface area (Å²) in [6, 6.07) is 3.44. The minimum Gasteiger partial charge on any atom is -0.494 e. The highest BCUT2D eigenvalue weighted by atomic mass is 79.9. The second kappa shape index (κ2) is 7.70. The minimum atomic E-state index is -0.162. The Morgan fingerprint density at radius 2 is 2.09 bits per heavy atom. The molecule has 0 bridgehead atoms. The van der Waals surface area contributed by atoms with Crippen molar-refractivity contribution in [2.24, 2.45) is 5.73 Å². The summed E-state index contributed by atoms with van der Waals surface area (Å²) in [4.78, 5) is 14.5. The number of rotatable bonds is 3. The van der Waals surface area contributed by atoms with Gasteiger partial charge in [0, 0.05) is 11.8 Å². The molecule has 1 aliphatic heterocycles. The number of hydrogen-bond acceptors (Lipinski definition) is 4. The molecule has 1 fully saturated rings. The van der Waals surface area contributed by atoms with Gasteiger partial charge in [-0.25, -0.2) is 0 Å². The highest BCUT2D eigenvalue weighted by Gasteiger charge is 2.27. The van der Waals surface area contributed by atoms with Crippen LogP contribution in [0.3, 0.4) is 0 Å². The van der Waals surface area contributed by atoms with E-state index < -0.39 is 0 Å². The van der Waals surface area contributed by atoms with Crippen LogP contribution in [0.5, 0.6) is 5.75 Å². The van der Waals surface area contributed by atoms with E-state index in [-0.39, 0.29) is 5.91 Å². The lowest BCUT2D eigenvalue weighted by Crippen LogP contribution is -2.38. The largest absolute Gasteiger partial charge is 0.494 e. The number of nitrogens with zero attached hydrogens (tertiary/aromatic N) is 1. The van der Waals surface area contributed by atoms with E-state index in [1.54, 1.807) is 36.3 Å². The van der Waals surface area contributed by atoms with Crippen molar-refractivity contribution < 1.29 is 14.3 Å². The first-order valence-corrected chi connectivity index (χ1v) is 8.34. The maximum absolute atomic E-state index is 12.9. The number of amides is 1. The van der Waals surface area contributed by atoms with Gasteiger partial charge in [-0.1, -0.05) is 12.7 Å². The van der Waals surface area contributed by atoms with Crippen LogP contribution in [-0.4, -0.2) is 31.1 Å². The second-order valence-corrected chi connectivity index (χ2v) is 6.31. The van der Waals surface area contributed by atoms with E-state index in [0.717, 1.165) is 0 Å². The fourth-order valence-corrected chi connectivity index (χ4v) is 3.75. The fourth-order valence-electron chi connectivity index (χ4n) is 2.24. The van der Waals surface area contributed by atoms with Crippen molar-refractivity contribution in [2.45, 2.75) is 0 Å². The normalized spacial score (nSPS) is 18.0. The van der Waals surface area contributed by atoms with E-state index >= 15 is 0 Å². The lowest BCUT2D eigenvalue weighted by Gasteiger charge is -2.31. The number of hydrogen-bond donors (Lipinski definition) is 1. The number of nitrogens with two attached hydrogens (primary N) is 1. The molecule has 122 valence electrons. The Morgan fingerprint density at radius 1 is 1.43 bits per heavy atom. The predicted molar refractivity (Wildman–Crippen MR) is 95.9 cm³/mol. The number of carbonyl (C=O) groups is 1. The first-order chi connectivity index (χ1) is 11.0. The standard InChI is InChI=1S/C16H16Br2N2O3/c1-3-4-13-14(9-19)23-6-5-20(13)16(21)10-7-11(17)15(22-2)12(18)8-10/h3-4,7-9H,1,5-6,19H2,2H3/b13-4?,14-9+. The molecule has 1 heterocycles. The molecule has 0 unspecified atom stereocenters. The number of carbonyl (C=O) groups excluding carboxylic acids is 1. The zero-order valence-electron chi connectivity index (χ0n) is 12.5. The fraction of sp³-hybridized carbons (Fsp3) is 0.188. The van der Waals surface area contributed by atoms with Gasteiger partial charge in [0.1, 0.15) is 12.4 Å². The smallest absolute Gasteiger partial charge is 0.258 e. The van der Waals surface area contributed by atoms with E-state index in [1.807, 2.05) is 0 Å². The number of methoxy groups -OCH3 is 1. The second-order valence-electron chi connectivity index (χ2n) is 4.60. The Balaban J connectivity index is 2.42. The van der Waals surface area contributed by atoms with Crippen LogP contribution in [0.4, 0.5) is 0 Å². The molecule has 1 amide bonds. The van der Waals surface area contributed by atoms with Gasteiger partial charge < -0.3 is 20.1 Å². The summed E-state index contributed by atoms with van der Waals surface area (Å²) in [5.74, 6) is 0.925. The molecule has 1 saturated heterocycles. The summed E-state index contributed by atoms with van der Waals surface area (Å²) < 4.78 is 12.1. The molecule has 2 N–H and O–H groups in total. The van der Waals surface area contributed by atoms with Crippen LogP contribution in [0.15, 0.2) is 57.5 Å². The molecule has 1 aliphatic rings. The Bertz CT molecular complexity index is 676. The molecule has 0 spiro atoms.